The molecule has 0 N–H and O–H groups in total. The second kappa shape index (κ2) is 10.9. The van der Waals surface area contributed by atoms with E-state index in [4.69, 9.17) is 13.9 Å². The molecule has 0 saturated carbocycles. The Hall–Kier alpha value is -2.75. The van der Waals surface area contributed by atoms with Crippen LogP contribution in [0.15, 0.2) is 52.9 Å². The summed E-state index contributed by atoms with van der Waals surface area (Å²) in [4.78, 5) is 13.3. The molecule has 0 fully saturated rings. The first kappa shape index (κ1) is 28.8. The van der Waals surface area contributed by atoms with E-state index in [1.165, 1.54) is 5.56 Å². The zero-order chi connectivity index (χ0) is 27.6. The fourth-order valence-corrected chi connectivity index (χ4v) is 4.99. The summed E-state index contributed by atoms with van der Waals surface area (Å²) in [5.74, 6) is 1.31. The van der Waals surface area contributed by atoms with Gasteiger partial charge < -0.3 is 13.9 Å². The highest BCUT2D eigenvalue weighted by Crippen LogP contribution is 2.38. The van der Waals surface area contributed by atoms with Crippen LogP contribution in [0.25, 0.3) is 22.3 Å². The number of benzene rings is 2. The molecule has 0 amide bonds. The molecule has 0 aliphatic carbocycles. The molecule has 1 heterocycles. The van der Waals surface area contributed by atoms with Gasteiger partial charge in [-0.2, -0.15) is 0 Å². The number of furan rings is 1. The molecule has 2 aromatic carbocycles. The molecular weight excluding hydrogens is 460 g/mol. The monoisotopic (exact) mass is 506 g/mol. The normalized spacial score (nSPS) is 14.4. The van der Waals surface area contributed by atoms with Crippen LogP contribution in [-0.4, -0.2) is 17.7 Å². The summed E-state index contributed by atoms with van der Waals surface area (Å²) in [7, 11) is 0. The molecule has 0 aliphatic rings. The van der Waals surface area contributed by atoms with Crippen molar-refractivity contribution in [2.24, 2.45) is 16.7 Å². The summed E-state index contributed by atoms with van der Waals surface area (Å²) in [6.45, 7) is 20.9. The van der Waals surface area contributed by atoms with E-state index in [0.29, 0.717) is 6.42 Å². The topological polar surface area (TPSA) is 48.7 Å². The fraction of sp³-hybridized carbons (Fsp3) is 0.545. The molecule has 0 aliphatic heterocycles. The third-order valence-corrected chi connectivity index (χ3v) is 6.79. The average Bonchev–Trinajstić information content (AvgIpc) is 3.18. The second-order valence-corrected chi connectivity index (χ2v) is 13.3. The van der Waals surface area contributed by atoms with Crippen molar-refractivity contribution in [3.63, 3.8) is 0 Å². The van der Waals surface area contributed by atoms with E-state index in [-0.39, 0.29) is 28.8 Å². The lowest BCUT2D eigenvalue weighted by atomic mass is 9.72. The van der Waals surface area contributed by atoms with Crippen LogP contribution in [0.1, 0.15) is 87.6 Å². The van der Waals surface area contributed by atoms with Crippen LogP contribution >= 0.6 is 0 Å². The standard InChI is InChI=1S/C33H46O4/c1-11-23-14-12-13-15-26(23)29-18-24-16-17-25(19-28(24)36-29)35-22(2)20-33(9,10)37-30(34)27(32(6,7)8)21-31(3,4)5/h12-19,22,27H,11,20-21H2,1-10H3. The number of hydrogen-bond acceptors (Lipinski definition) is 4. The minimum Gasteiger partial charge on any atom is -0.490 e. The Morgan fingerprint density at radius 3 is 2.22 bits per heavy atom. The molecule has 0 spiro atoms. The van der Waals surface area contributed by atoms with Crippen molar-refractivity contribution in [2.45, 2.75) is 100 Å². The van der Waals surface area contributed by atoms with Crippen molar-refractivity contribution in [3.8, 4) is 17.1 Å². The molecule has 202 valence electrons. The number of aryl methyl sites for hydroxylation is 1. The van der Waals surface area contributed by atoms with Crippen molar-refractivity contribution >= 4 is 16.9 Å². The van der Waals surface area contributed by atoms with Gasteiger partial charge in [-0.25, -0.2) is 0 Å². The van der Waals surface area contributed by atoms with E-state index in [9.17, 15) is 4.79 Å². The Morgan fingerprint density at radius 1 is 0.919 bits per heavy atom. The van der Waals surface area contributed by atoms with E-state index in [0.717, 1.165) is 40.9 Å². The zero-order valence-electron chi connectivity index (χ0n) is 24.5. The van der Waals surface area contributed by atoms with E-state index in [1.807, 2.05) is 45.0 Å². The van der Waals surface area contributed by atoms with Crippen molar-refractivity contribution in [3.05, 3.63) is 54.1 Å². The molecular formula is C33H46O4. The molecule has 0 bridgehead atoms. The summed E-state index contributed by atoms with van der Waals surface area (Å²) in [5.41, 5.74) is 2.41. The van der Waals surface area contributed by atoms with Crippen molar-refractivity contribution in [1.82, 2.24) is 0 Å². The Labute approximate surface area is 223 Å². The predicted molar refractivity (Wildman–Crippen MR) is 153 cm³/mol. The molecule has 0 radical (unpaired) electrons. The van der Waals surface area contributed by atoms with E-state index in [1.54, 1.807) is 0 Å². The minimum absolute atomic E-state index is 0.0422. The second-order valence-electron chi connectivity index (χ2n) is 13.3. The Balaban J connectivity index is 1.69. The summed E-state index contributed by atoms with van der Waals surface area (Å²) >= 11 is 0. The average molecular weight is 507 g/mol. The summed E-state index contributed by atoms with van der Waals surface area (Å²) < 4.78 is 18.6. The van der Waals surface area contributed by atoms with Crippen LogP contribution in [0.5, 0.6) is 5.75 Å². The maximum absolute atomic E-state index is 13.3. The van der Waals surface area contributed by atoms with Gasteiger partial charge in [0.2, 0.25) is 0 Å². The molecule has 3 aromatic rings. The van der Waals surface area contributed by atoms with Crippen molar-refractivity contribution in [1.29, 1.82) is 0 Å². The number of rotatable bonds is 9. The van der Waals surface area contributed by atoms with Gasteiger partial charge in [-0.15, -0.1) is 0 Å². The Bertz CT molecular complexity index is 1200. The highest BCUT2D eigenvalue weighted by molar-refractivity contribution is 5.84. The summed E-state index contributed by atoms with van der Waals surface area (Å²) in [6, 6.07) is 16.4. The molecule has 1 aromatic heterocycles. The van der Waals surface area contributed by atoms with Gasteiger partial charge in [-0.05, 0) is 68.2 Å². The Morgan fingerprint density at radius 2 is 1.59 bits per heavy atom. The van der Waals surface area contributed by atoms with Crippen LogP contribution in [0.2, 0.25) is 0 Å². The lowest BCUT2D eigenvalue weighted by Gasteiger charge is -2.37. The number of esters is 1. The van der Waals surface area contributed by atoms with Gasteiger partial charge in [0, 0.05) is 23.4 Å². The lowest BCUT2D eigenvalue weighted by molar-refractivity contribution is -0.169. The largest absolute Gasteiger partial charge is 0.490 e. The number of hydrogen-bond donors (Lipinski definition) is 0. The molecule has 4 nitrogen and oxygen atoms in total. The van der Waals surface area contributed by atoms with Gasteiger partial charge in [-0.1, -0.05) is 72.7 Å². The summed E-state index contributed by atoms with van der Waals surface area (Å²) in [5, 5.41) is 1.04. The van der Waals surface area contributed by atoms with Crippen molar-refractivity contribution in [2.75, 3.05) is 0 Å². The van der Waals surface area contributed by atoms with Crippen LogP contribution in [0.3, 0.4) is 0 Å². The third kappa shape index (κ3) is 7.87. The number of fused-ring (bicyclic) bond motifs is 1. The number of carbonyl (C=O) groups is 1. The van der Waals surface area contributed by atoms with Gasteiger partial charge in [0.25, 0.3) is 0 Å². The third-order valence-electron chi connectivity index (χ3n) is 6.79. The van der Waals surface area contributed by atoms with Gasteiger partial charge in [-0.3, -0.25) is 4.79 Å². The molecule has 0 saturated heterocycles. The quantitative estimate of drug-likeness (QED) is 0.271. The van der Waals surface area contributed by atoms with Gasteiger partial charge >= 0.3 is 5.97 Å². The zero-order valence-corrected chi connectivity index (χ0v) is 24.5. The SMILES string of the molecule is CCc1ccccc1-c1cc2ccc(OC(C)CC(C)(C)OC(=O)C(CC(C)(C)C)C(C)(C)C)cc2o1. The fourth-order valence-electron chi connectivity index (χ4n) is 4.99. The first-order valence-corrected chi connectivity index (χ1v) is 13.6. The molecule has 2 unspecified atom stereocenters. The maximum Gasteiger partial charge on any atom is 0.310 e. The smallest absolute Gasteiger partial charge is 0.310 e. The molecule has 37 heavy (non-hydrogen) atoms. The highest BCUT2D eigenvalue weighted by atomic mass is 16.6. The lowest BCUT2D eigenvalue weighted by Crippen LogP contribution is -2.40. The van der Waals surface area contributed by atoms with Gasteiger partial charge in [0.05, 0.1) is 12.0 Å². The first-order valence-electron chi connectivity index (χ1n) is 13.6. The summed E-state index contributed by atoms with van der Waals surface area (Å²) in [6.07, 6.45) is 2.17. The van der Waals surface area contributed by atoms with Crippen LogP contribution in [0, 0.1) is 16.7 Å². The molecule has 2 atom stereocenters. The van der Waals surface area contributed by atoms with Gasteiger partial charge in [0.1, 0.15) is 22.7 Å². The van der Waals surface area contributed by atoms with Crippen LogP contribution in [0.4, 0.5) is 0 Å². The highest BCUT2D eigenvalue weighted by Gasteiger charge is 2.38. The van der Waals surface area contributed by atoms with Gasteiger partial charge in [0.15, 0.2) is 0 Å². The number of carbonyl (C=O) groups excluding carboxylic acids is 1. The van der Waals surface area contributed by atoms with Crippen molar-refractivity contribution < 1.29 is 18.7 Å². The molecule has 3 rings (SSSR count). The van der Waals surface area contributed by atoms with Crippen LogP contribution < -0.4 is 4.74 Å². The molecule has 4 heteroatoms. The van der Waals surface area contributed by atoms with E-state index in [2.05, 4.69) is 72.7 Å². The first-order chi connectivity index (χ1) is 17.1. The Kier molecular flexibility index (Phi) is 8.51. The minimum atomic E-state index is -0.649. The van der Waals surface area contributed by atoms with E-state index < -0.39 is 5.60 Å². The maximum atomic E-state index is 13.3. The number of ether oxygens (including phenoxy) is 2. The predicted octanol–water partition coefficient (Wildman–Crippen LogP) is 9.24. The van der Waals surface area contributed by atoms with E-state index >= 15 is 0 Å². The van der Waals surface area contributed by atoms with Crippen LogP contribution in [-0.2, 0) is 16.0 Å².